The summed E-state index contributed by atoms with van der Waals surface area (Å²) in [4.78, 5) is 31.3. The van der Waals surface area contributed by atoms with E-state index in [-0.39, 0.29) is 16.3 Å². The normalized spacial score (nSPS) is 11.2. The summed E-state index contributed by atoms with van der Waals surface area (Å²) in [7, 11) is 1.32. The smallest absolute Gasteiger partial charge is 0.341 e. The van der Waals surface area contributed by atoms with E-state index < -0.39 is 5.97 Å². The fourth-order valence-electron chi connectivity index (χ4n) is 4.05. The van der Waals surface area contributed by atoms with Gasteiger partial charge in [-0.2, -0.15) is 0 Å². The molecule has 2 aromatic carbocycles. The van der Waals surface area contributed by atoms with Crippen LogP contribution in [0.4, 0.5) is 0 Å². The Labute approximate surface area is 214 Å². The van der Waals surface area contributed by atoms with Crippen LogP contribution in [0.5, 0.6) is 11.6 Å². The van der Waals surface area contributed by atoms with Crippen LogP contribution in [-0.4, -0.2) is 39.3 Å². The molecular weight excluding hydrogens is 534 g/mol. The number of aromatic nitrogens is 3. The molecule has 0 saturated carbocycles. The number of imidazole rings is 1. The molecule has 0 aliphatic heterocycles. The van der Waals surface area contributed by atoms with Crippen LogP contribution in [0.2, 0.25) is 0 Å². The number of carbonyl (C=O) groups is 1. The van der Waals surface area contributed by atoms with Gasteiger partial charge in [-0.1, -0.05) is 40.3 Å². The fourth-order valence-corrected chi connectivity index (χ4v) is 5.37. The number of benzene rings is 2. The van der Waals surface area contributed by atoms with Gasteiger partial charge in [-0.15, -0.1) is 0 Å². The Morgan fingerprint density at radius 3 is 2.77 bits per heavy atom. The van der Waals surface area contributed by atoms with Gasteiger partial charge in [0.05, 0.1) is 29.6 Å². The van der Waals surface area contributed by atoms with Gasteiger partial charge in [0, 0.05) is 17.3 Å². The summed E-state index contributed by atoms with van der Waals surface area (Å²) >= 11 is 4.52. The first kappa shape index (κ1) is 25.0. The standard InChI is InChI=1S/C25H26BrN3O5S/c1-4-5-21-27-22-14(2)10-16(26)13-18(22)29(21)8-9-34-19-7-6-15(11-17(19)24(31)33-3)12-20-23(30)28-25(32)35-20/h6-7,10-11,13,30H,4-5,8-9,12H2,1-3H3,(H,28,32). The molecule has 0 aliphatic rings. The molecule has 4 rings (SSSR count). The SMILES string of the molecule is CCCc1nc2c(C)cc(Br)cc2n1CCOc1ccc(Cc2sc(=O)[nH]c2O)cc1C(=O)OC. The lowest BCUT2D eigenvalue weighted by atomic mass is 10.1. The van der Waals surface area contributed by atoms with Crippen molar-refractivity contribution in [1.29, 1.82) is 0 Å². The number of nitrogens with zero attached hydrogens (tertiary/aromatic N) is 2. The lowest BCUT2D eigenvalue weighted by Crippen LogP contribution is -2.13. The number of esters is 1. The van der Waals surface area contributed by atoms with Crippen LogP contribution < -0.4 is 9.61 Å². The number of aromatic amines is 1. The summed E-state index contributed by atoms with van der Waals surface area (Å²) in [5, 5.41) is 9.88. The molecule has 2 aromatic heterocycles. The number of aryl methyl sites for hydroxylation is 2. The highest BCUT2D eigenvalue weighted by Gasteiger charge is 2.17. The second-order valence-electron chi connectivity index (χ2n) is 8.15. The number of rotatable bonds is 9. The van der Waals surface area contributed by atoms with Crippen LogP contribution in [0.15, 0.2) is 39.6 Å². The minimum atomic E-state index is -0.521. The highest BCUT2D eigenvalue weighted by molar-refractivity contribution is 9.10. The maximum Gasteiger partial charge on any atom is 0.341 e. The summed E-state index contributed by atoms with van der Waals surface area (Å²) in [5.74, 6) is 0.733. The Balaban J connectivity index is 1.57. The van der Waals surface area contributed by atoms with Gasteiger partial charge in [0.25, 0.3) is 0 Å². The molecule has 10 heteroatoms. The summed E-state index contributed by atoms with van der Waals surface area (Å²) < 4.78 is 14.2. The lowest BCUT2D eigenvalue weighted by Gasteiger charge is -2.14. The molecule has 2 heterocycles. The number of hydrogen-bond donors (Lipinski definition) is 2. The van der Waals surface area contributed by atoms with Gasteiger partial charge in [0.2, 0.25) is 5.88 Å². The van der Waals surface area contributed by atoms with Crippen molar-refractivity contribution in [2.24, 2.45) is 0 Å². The van der Waals surface area contributed by atoms with E-state index in [9.17, 15) is 14.7 Å². The van der Waals surface area contributed by atoms with Crippen molar-refractivity contribution < 1.29 is 19.4 Å². The Morgan fingerprint density at radius 1 is 1.29 bits per heavy atom. The number of carbonyl (C=O) groups excluding carboxylic acids is 1. The van der Waals surface area contributed by atoms with Crippen LogP contribution >= 0.6 is 27.3 Å². The molecule has 0 bridgehead atoms. The number of fused-ring (bicyclic) bond motifs is 1. The van der Waals surface area contributed by atoms with Gasteiger partial charge in [-0.05, 0) is 48.7 Å². The molecule has 8 nitrogen and oxygen atoms in total. The van der Waals surface area contributed by atoms with E-state index in [0.717, 1.165) is 56.6 Å². The maximum atomic E-state index is 12.5. The number of nitrogens with one attached hydrogen (secondary N) is 1. The van der Waals surface area contributed by atoms with E-state index in [1.807, 2.05) is 6.92 Å². The molecule has 0 aliphatic carbocycles. The molecule has 0 amide bonds. The molecule has 35 heavy (non-hydrogen) atoms. The average molecular weight is 560 g/mol. The average Bonchev–Trinajstić information content (AvgIpc) is 3.32. The first-order valence-corrected chi connectivity index (χ1v) is 12.8. The van der Waals surface area contributed by atoms with Crippen LogP contribution in [0.1, 0.15) is 45.5 Å². The highest BCUT2D eigenvalue weighted by Crippen LogP contribution is 2.27. The molecule has 0 spiro atoms. The molecule has 2 N–H and O–H groups in total. The number of H-pyrrole nitrogens is 1. The summed E-state index contributed by atoms with van der Waals surface area (Å²) in [6, 6.07) is 9.31. The van der Waals surface area contributed by atoms with Crippen molar-refractivity contribution in [2.45, 2.75) is 39.7 Å². The van der Waals surface area contributed by atoms with Gasteiger partial charge in [0.1, 0.15) is 23.7 Å². The van der Waals surface area contributed by atoms with Crippen molar-refractivity contribution in [3.8, 4) is 11.6 Å². The van der Waals surface area contributed by atoms with Gasteiger partial charge >= 0.3 is 10.8 Å². The van der Waals surface area contributed by atoms with Crippen LogP contribution in [0, 0.1) is 6.92 Å². The zero-order chi connectivity index (χ0) is 25.1. The number of thiazole rings is 1. The summed E-state index contributed by atoms with van der Waals surface area (Å²) in [6.07, 6.45) is 2.13. The molecule has 184 valence electrons. The zero-order valence-electron chi connectivity index (χ0n) is 19.7. The fraction of sp³-hybridized carbons (Fsp3) is 0.320. The molecule has 0 unspecified atom stereocenters. The van der Waals surface area contributed by atoms with Gasteiger partial charge in [-0.25, -0.2) is 9.78 Å². The van der Waals surface area contributed by atoms with E-state index in [0.29, 0.717) is 30.2 Å². The molecule has 0 radical (unpaired) electrons. The third kappa shape index (κ3) is 5.43. The molecule has 0 saturated heterocycles. The van der Waals surface area contributed by atoms with Crippen LogP contribution in [-0.2, 0) is 24.1 Å². The number of hydrogen-bond acceptors (Lipinski definition) is 7. The van der Waals surface area contributed by atoms with E-state index in [1.165, 1.54) is 7.11 Å². The largest absolute Gasteiger partial charge is 0.494 e. The van der Waals surface area contributed by atoms with E-state index in [1.54, 1.807) is 18.2 Å². The van der Waals surface area contributed by atoms with Crippen LogP contribution in [0.25, 0.3) is 11.0 Å². The van der Waals surface area contributed by atoms with Crippen LogP contribution in [0.3, 0.4) is 0 Å². The van der Waals surface area contributed by atoms with Crippen molar-refractivity contribution >= 4 is 44.3 Å². The van der Waals surface area contributed by atoms with E-state index >= 15 is 0 Å². The number of halogens is 1. The van der Waals surface area contributed by atoms with Crippen molar-refractivity contribution in [3.63, 3.8) is 0 Å². The van der Waals surface area contributed by atoms with Crippen molar-refractivity contribution in [2.75, 3.05) is 13.7 Å². The van der Waals surface area contributed by atoms with E-state index in [2.05, 4.69) is 44.5 Å². The summed E-state index contributed by atoms with van der Waals surface area (Å²) in [5.41, 5.74) is 4.16. The van der Waals surface area contributed by atoms with Crippen molar-refractivity contribution in [3.05, 3.63) is 71.9 Å². The molecule has 0 fully saturated rings. The Morgan fingerprint density at radius 2 is 2.09 bits per heavy atom. The third-order valence-corrected chi connectivity index (χ3v) is 6.98. The molecule has 4 aromatic rings. The van der Waals surface area contributed by atoms with Gasteiger partial charge in [-0.3, -0.25) is 9.78 Å². The van der Waals surface area contributed by atoms with Crippen molar-refractivity contribution in [1.82, 2.24) is 14.5 Å². The Bertz CT molecular complexity index is 1440. The highest BCUT2D eigenvalue weighted by atomic mass is 79.9. The Kier molecular flexibility index (Phi) is 7.61. The minimum Gasteiger partial charge on any atom is -0.494 e. The second kappa shape index (κ2) is 10.7. The maximum absolute atomic E-state index is 12.5. The first-order valence-electron chi connectivity index (χ1n) is 11.2. The zero-order valence-corrected chi connectivity index (χ0v) is 22.1. The van der Waals surface area contributed by atoms with Gasteiger partial charge in [0.15, 0.2) is 0 Å². The number of aromatic hydroxyl groups is 1. The number of ether oxygens (including phenoxy) is 2. The minimum absolute atomic E-state index is 0.155. The lowest BCUT2D eigenvalue weighted by molar-refractivity contribution is 0.0595. The summed E-state index contributed by atoms with van der Waals surface area (Å²) in [6.45, 7) is 5.07. The van der Waals surface area contributed by atoms with Gasteiger partial charge < -0.3 is 19.1 Å². The predicted octanol–water partition coefficient (Wildman–Crippen LogP) is 4.97. The molecular formula is C25H26BrN3O5S. The second-order valence-corrected chi connectivity index (χ2v) is 10.1. The predicted molar refractivity (Wildman–Crippen MR) is 139 cm³/mol. The quantitative estimate of drug-likeness (QED) is 0.280. The topological polar surface area (TPSA) is 106 Å². The Hall–Kier alpha value is -3.11. The van der Waals surface area contributed by atoms with E-state index in [4.69, 9.17) is 14.5 Å². The molecule has 0 atom stereocenters. The number of methoxy groups -OCH3 is 1. The first-order chi connectivity index (χ1) is 16.8. The monoisotopic (exact) mass is 559 g/mol. The third-order valence-electron chi connectivity index (χ3n) is 5.65.